The molecule has 0 saturated carbocycles. The summed E-state index contributed by atoms with van der Waals surface area (Å²) in [4.78, 5) is 16.7. The van der Waals surface area contributed by atoms with Crippen LogP contribution in [0.4, 0.5) is 29.3 Å². The minimum atomic E-state index is -4.59. The smallest absolute Gasteiger partial charge is 0.308 e. The van der Waals surface area contributed by atoms with Gasteiger partial charge in [-0.1, -0.05) is 30.3 Å². The zero-order valence-corrected chi connectivity index (χ0v) is 17.9. The lowest BCUT2D eigenvalue weighted by molar-refractivity contribution is -0.136. The molecule has 0 fully saturated rings. The van der Waals surface area contributed by atoms with Crippen LogP contribution in [0.25, 0.3) is 28.4 Å². The van der Waals surface area contributed by atoms with E-state index in [0.717, 1.165) is 6.07 Å². The Bertz CT molecular complexity index is 1520. The van der Waals surface area contributed by atoms with Crippen LogP contribution in [-0.2, 0) is 6.18 Å². The SMILES string of the molecule is O=C(Nc1cccc(-c2ccc3nnc(-c4ccccn4)n3n2)c1)Nc1ccccc1C(F)(F)F. The van der Waals surface area contributed by atoms with E-state index in [1.807, 2.05) is 6.07 Å². The van der Waals surface area contributed by atoms with Crippen LogP contribution in [0.3, 0.4) is 0 Å². The first-order chi connectivity index (χ1) is 16.9. The minimum Gasteiger partial charge on any atom is -0.308 e. The number of rotatable bonds is 4. The number of para-hydroxylation sites is 1. The van der Waals surface area contributed by atoms with Crippen LogP contribution in [0.1, 0.15) is 5.56 Å². The van der Waals surface area contributed by atoms with Crippen molar-refractivity contribution in [3.05, 3.63) is 90.6 Å². The van der Waals surface area contributed by atoms with Gasteiger partial charge in [0.1, 0.15) is 5.69 Å². The molecular formula is C24H16F3N7O. The van der Waals surface area contributed by atoms with E-state index in [4.69, 9.17) is 0 Å². The molecule has 0 aliphatic carbocycles. The molecule has 0 bridgehead atoms. The van der Waals surface area contributed by atoms with Crippen LogP contribution in [-0.4, -0.2) is 30.8 Å². The molecule has 2 amide bonds. The number of carbonyl (C=O) groups is 1. The Labute approximate surface area is 196 Å². The average Bonchev–Trinajstić information content (AvgIpc) is 3.28. The number of nitrogens with one attached hydrogen (secondary N) is 2. The van der Waals surface area contributed by atoms with Crippen LogP contribution >= 0.6 is 0 Å². The molecule has 5 rings (SSSR count). The standard InChI is InChI=1S/C24H16F3N7O/c25-24(26,27)17-8-1-2-9-19(17)30-23(35)29-16-7-5-6-15(14-16)18-11-12-21-31-32-22(34(21)33-18)20-10-3-4-13-28-20/h1-14H,(H2,29,30,35). The molecule has 8 nitrogen and oxygen atoms in total. The number of pyridine rings is 1. The van der Waals surface area contributed by atoms with Crippen molar-refractivity contribution in [2.75, 3.05) is 10.6 Å². The second kappa shape index (κ2) is 8.86. The number of anilines is 2. The summed E-state index contributed by atoms with van der Waals surface area (Å²) in [6, 6.07) is 19.7. The summed E-state index contributed by atoms with van der Waals surface area (Å²) in [5.74, 6) is 0.472. The maximum absolute atomic E-state index is 13.2. The lowest BCUT2D eigenvalue weighted by Crippen LogP contribution is -2.21. The number of alkyl halides is 3. The second-order valence-electron chi connectivity index (χ2n) is 7.43. The highest BCUT2D eigenvalue weighted by Gasteiger charge is 2.33. The highest BCUT2D eigenvalue weighted by molar-refractivity contribution is 6.00. The predicted molar refractivity (Wildman–Crippen MR) is 124 cm³/mol. The summed E-state index contributed by atoms with van der Waals surface area (Å²) in [5.41, 5.74) is 1.49. The Hall–Kier alpha value is -4.80. The minimum absolute atomic E-state index is 0.338. The van der Waals surface area contributed by atoms with Gasteiger partial charge in [-0.05, 0) is 48.5 Å². The van der Waals surface area contributed by atoms with Crippen LogP contribution < -0.4 is 10.6 Å². The van der Waals surface area contributed by atoms with Crippen LogP contribution in [0, 0.1) is 0 Å². The third kappa shape index (κ3) is 4.64. The van der Waals surface area contributed by atoms with Crippen molar-refractivity contribution in [2.45, 2.75) is 6.18 Å². The lowest BCUT2D eigenvalue weighted by Gasteiger charge is -2.14. The van der Waals surface area contributed by atoms with Crippen molar-refractivity contribution in [2.24, 2.45) is 0 Å². The van der Waals surface area contributed by atoms with E-state index in [0.29, 0.717) is 34.1 Å². The Morgan fingerprint density at radius 3 is 2.46 bits per heavy atom. The third-order valence-electron chi connectivity index (χ3n) is 5.05. The largest absolute Gasteiger partial charge is 0.418 e. The molecule has 0 saturated heterocycles. The van der Waals surface area contributed by atoms with Crippen molar-refractivity contribution in [1.29, 1.82) is 0 Å². The molecule has 2 aromatic carbocycles. The number of hydrogen-bond donors (Lipinski definition) is 2. The van der Waals surface area contributed by atoms with E-state index in [1.54, 1.807) is 59.2 Å². The predicted octanol–water partition coefficient (Wildman–Crippen LogP) is 5.52. The van der Waals surface area contributed by atoms with Crippen molar-refractivity contribution in [1.82, 2.24) is 24.8 Å². The fourth-order valence-electron chi connectivity index (χ4n) is 3.48. The molecule has 35 heavy (non-hydrogen) atoms. The van der Waals surface area contributed by atoms with Gasteiger partial charge in [-0.3, -0.25) is 4.98 Å². The van der Waals surface area contributed by atoms with Crippen molar-refractivity contribution in [3.8, 4) is 22.8 Å². The van der Waals surface area contributed by atoms with Crippen LogP contribution in [0.15, 0.2) is 85.1 Å². The Kier molecular flexibility index (Phi) is 5.57. The molecule has 0 radical (unpaired) electrons. The number of hydrogen-bond acceptors (Lipinski definition) is 5. The van der Waals surface area contributed by atoms with Gasteiger partial charge >= 0.3 is 12.2 Å². The normalized spacial score (nSPS) is 11.4. The maximum atomic E-state index is 13.2. The molecule has 3 heterocycles. The van der Waals surface area contributed by atoms with E-state index in [1.165, 1.54) is 18.2 Å². The van der Waals surface area contributed by atoms with E-state index in [9.17, 15) is 18.0 Å². The number of carbonyl (C=O) groups excluding carboxylic acids is 1. The quantitative estimate of drug-likeness (QED) is 0.357. The molecular weight excluding hydrogens is 459 g/mol. The number of halogens is 3. The van der Waals surface area contributed by atoms with Gasteiger partial charge in [-0.15, -0.1) is 10.2 Å². The fourth-order valence-corrected chi connectivity index (χ4v) is 3.48. The van der Waals surface area contributed by atoms with Gasteiger partial charge in [0, 0.05) is 17.4 Å². The number of aromatic nitrogens is 5. The summed E-state index contributed by atoms with van der Waals surface area (Å²) in [5, 5.41) is 17.7. The zero-order valence-electron chi connectivity index (χ0n) is 17.9. The Morgan fingerprint density at radius 1 is 0.829 bits per heavy atom. The van der Waals surface area contributed by atoms with Gasteiger partial charge < -0.3 is 10.6 Å². The van der Waals surface area contributed by atoms with Crippen LogP contribution in [0.2, 0.25) is 0 Å². The van der Waals surface area contributed by atoms with E-state index in [2.05, 4.69) is 30.9 Å². The first kappa shape index (κ1) is 22.0. The number of fused-ring (bicyclic) bond motifs is 1. The molecule has 2 N–H and O–H groups in total. The summed E-state index contributed by atoms with van der Waals surface area (Å²) in [6.45, 7) is 0. The third-order valence-corrected chi connectivity index (χ3v) is 5.05. The first-order valence-electron chi connectivity index (χ1n) is 10.4. The number of urea groups is 1. The summed E-state index contributed by atoms with van der Waals surface area (Å²) < 4.78 is 41.2. The monoisotopic (exact) mass is 475 g/mol. The van der Waals surface area contributed by atoms with Crippen molar-refractivity contribution < 1.29 is 18.0 Å². The highest BCUT2D eigenvalue weighted by Crippen LogP contribution is 2.34. The average molecular weight is 475 g/mol. The maximum Gasteiger partial charge on any atom is 0.418 e. The second-order valence-corrected chi connectivity index (χ2v) is 7.43. The van der Waals surface area contributed by atoms with Crippen LogP contribution in [0.5, 0.6) is 0 Å². The van der Waals surface area contributed by atoms with E-state index in [-0.39, 0.29) is 5.69 Å². The van der Waals surface area contributed by atoms with Gasteiger partial charge in [-0.25, -0.2) is 4.79 Å². The number of amides is 2. The molecule has 0 aliphatic rings. The molecule has 11 heteroatoms. The van der Waals surface area contributed by atoms with E-state index < -0.39 is 17.8 Å². The van der Waals surface area contributed by atoms with Gasteiger partial charge in [0.2, 0.25) is 5.82 Å². The Balaban J connectivity index is 1.39. The fraction of sp³-hybridized carbons (Fsp3) is 0.0417. The van der Waals surface area contributed by atoms with Gasteiger partial charge in [0.15, 0.2) is 5.65 Å². The van der Waals surface area contributed by atoms with Crippen molar-refractivity contribution in [3.63, 3.8) is 0 Å². The van der Waals surface area contributed by atoms with Crippen molar-refractivity contribution >= 4 is 23.1 Å². The highest BCUT2D eigenvalue weighted by atomic mass is 19.4. The molecule has 3 aromatic heterocycles. The van der Waals surface area contributed by atoms with Gasteiger partial charge in [0.05, 0.1) is 16.9 Å². The lowest BCUT2D eigenvalue weighted by atomic mass is 10.1. The number of nitrogens with zero attached hydrogens (tertiary/aromatic N) is 5. The molecule has 0 aliphatic heterocycles. The Morgan fingerprint density at radius 2 is 1.66 bits per heavy atom. The summed E-state index contributed by atoms with van der Waals surface area (Å²) in [7, 11) is 0. The topological polar surface area (TPSA) is 97.1 Å². The van der Waals surface area contributed by atoms with E-state index >= 15 is 0 Å². The molecule has 0 spiro atoms. The first-order valence-corrected chi connectivity index (χ1v) is 10.4. The summed E-state index contributed by atoms with van der Waals surface area (Å²) >= 11 is 0. The summed E-state index contributed by atoms with van der Waals surface area (Å²) in [6.07, 6.45) is -2.95. The van der Waals surface area contributed by atoms with Gasteiger partial charge in [0.25, 0.3) is 0 Å². The number of benzene rings is 2. The molecule has 174 valence electrons. The van der Waals surface area contributed by atoms with Gasteiger partial charge in [-0.2, -0.15) is 22.8 Å². The molecule has 5 aromatic rings. The molecule has 0 atom stereocenters. The molecule has 0 unspecified atom stereocenters. The zero-order chi connectivity index (χ0) is 24.4.